The number of amides is 4. The number of carbonyl (C=O) groups is 3. The molecule has 11 nitrogen and oxygen atoms in total. The number of nitrogens with one attached hydrogen (secondary N) is 2. The Morgan fingerprint density at radius 2 is 1.93 bits per heavy atom. The van der Waals surface area contributed by atoms with Gasteiger partial charge >= 0.3 is 28.5 Å². The molecule has 27 heavy (non-hydrogen) atoms. The van der Waals surface area contributed by atoms with Crippen LogP contribution in [0.4, 0.5) is 18.0 Å². The summed E-state index contributed by atoms with van der Waals surface area (Å²) >= 11 is 0. The molecule has 2 bridgehead atoms. The molecule has 0 aromatic rings. The van der Waals surface area contributed by atoms with E-state index >= 15 is 0 Å². The largest absolute Gasteiger partial charge is 0.472 e. The Hall–Kier alpha value is -2.13. The lowest BCUT2D eigenvalue weighted by molar-refractivity contribution is -0.175. The van der Waals surface area contributed by atoms with Crippen molar-refractivity contribution in [3.05, 3.63) is 0 Å². The molecule has 15 heteroatoms. The summed E-state index contributed by atoms with van der Waals surface area (Å²) in [6.45, 7) is 3.32. The third-order valence-electron chi connectivity index (χ3n) is 4.36. The second-order valence-electron chi connectivity index (χ2n) is 6.83. The van der Waals surface area contributed by atoms with Gasteiger partial charge < -0.3 is 4.90 Å². The topological polar surface area (TPSA) is 145 Å². The molecular formula is C12H17F3N4O7S. The molecule has 2 atom stereocenters. The Kier molecular flexibility index (Phi) is 5.33. The van der Waals surface area contributed by atoms with Crippen LogP contribution in [0.3, 0.4) is 0 Å². The van der Waals surface area contributed by atoms with Gasteiger partial charge in [0.05, 0.1) is 6.04 Å². The molecule has 2 aliphatic rings. The Morgan fingerprint density at radius 3 is 2.44 bits per heavy atom. The quantitative estimate of drug-likeness (QED) is 0.421. The van der Waals surface area contributed by atoms with E-state index in [4.69, 9.17) is 4.55 Å². The fourth-order valence-electron chi connectivity index (χ4n) is 3.15. The Labute approximate surface area is 151 Å². The van der Waals surface area contributed by atoms with Crippen molar-refractivity contribution in [3.63, 3.8) is 0 Å². The molecule has 154 valence electrons. The first kappa shape index (κ1) is 21.2. The first-order valence-electron chi connectivity index (χ1n) is 7.54. The maximum Gasteiger partial charge on any atom is 0.472 e. The highest BCUT2D eigenvalue weighted by Crippen LogP contribution is 2.43. The van der Waals surface area contributed by atoms with Crippen molar-refractivity contribution < 1.29 is 44.8 Å². The summed E-state index contributed by atoms with van der Waals surface area (Å²) in [4.78, 5) is 36.0. The van der Waals surface area contributed by atoms with Gasteiger partial charge in [-0.05, 0) is 11.8 Å². The number of nitrogens with zero attached hydrogens (tertiary/aromatic N) is 2. The highest BCUT2D eigenvalue weighted by Gasteiger charge is 2.55. The summed E-state index contributed by atoms with van der Waals surface area (Å²) in [6.07, 6.45) is -5.43. The minimum atomic E-state index is -5.17. The first-order valence-corrected chi connectivity index (χ1v) is 8.91. The third-order valence-corrected chi connectivity index (χ3v) is 4.71. The minimum Gasteiger partial charge on any atom is -0.317 e. The molecule has 2 unspecified atom stereocenters. The number of carbonyl (C=O) groups excluding carboxylic acids is 3. The number of rotatable bonds is 4. The van der Waals surface area contributed by atoms with Gasteiger partial charge in [-0.15, -0.1) is 4.28 Å². The average Bonchev–Trinajstić information content (AvgIpc) is 2.76. The van der Waals surface area contributed by atoms with Crippen molar-refractivity contribution >= 4 is 28.2 Å². The van der Waals surface area contributed by atoms with Crippen LogP contribution in [-0.4, -0.2) is 65.6 Å². The summed E-state index contributed by atoms with van der Waals surface area (Å²) in [5.41, 5.74) is 2.08. The fourth-order valence-corrected chi connectivity index (χ4v) is 3.52. The van der Waals surface area contributed by atoms with Gasteiger partial charge in [-0.25, -0.2) is 4.79 Å². The van der Waals surface area contributed by atoms with Crippen LogP contribution in [0, 0.1) is 5.41 Å². The average molecular weight is 418 g/mol. The van der Waals surface area contributed by atoms with Crippen LogP contribution < -0.4 is 10.9 Å². The molecule has 0 aromatic carbocycles. The van der Waals surface area contributed by atoms with Crippen molar-refractivity contribution in [1.29, 1.82) is 0 Å². The fraction of sp³-hybridized carbons (Fsp3) is 0.750. The molecule has 3 N–H and O–H groups in total. The second-order valence-corrected chi connectivity index (χ2v) is 7.83. The van der Waals surface area contributed by atoms with E-state index in [1.165, 1.54) is 5.43 Å². The molecule has 0 aliphatic carbocycles. The normalized spacial score (nSPS) is 24.7. The first-order chi connectivity index (χ1) is 12.1. The molecule has 0 aromatic heterocycles. The molecule has 0 spiro atoms. The number of halogens is 3. The van der Waals surface area contributed by atoms with Crippen LogP contribution in [-0.2, 0) is 24.3 Å². The number of alkyl halides is 3. The highest BCUT2D eigenvalue weighted by atomic mass is 32.3. The van der Waals surface area contributed by atoms with E-state index in [1.807, 2.05) is 0 Å². The van der Waals surface area contributed by atoms with E-state index in [0.29, 0.717) is 5.06 Å². The van der Waals surface area contributed by atoms with E-state index in [2.05, 4.69) is 4.28 Å². The van der Waals surface area contributed by atoms with Crippen molar-refractivity contribution in [2.75, 3.05) is 6.54 Å². The number of hydrazine groups is 1. The third kappa shape index (κ3) is 4.78. The maximum absolute atomic E-state index is 12.3. The van der Waals surface area contributed by atoms with Gasteiger partial charge in [-0.3, -0.25) is 25.0 Å². The van der Waals surface area contributed by atoms with Crippen LogP contribution in [0.15, 0.2) is 0 Å². The summed E-state index contributed by atoms with van der Waals surface area (Å²) in [5, 5.41) is 0.499. The zero-order valence-electron chi connectivity index (χ0n) is 14.1. The van der Waals surface area contributed by atoms with Crippen molar-refractivity contribution in [2.45, 2.75) is 44.9 Å². The zero-order chi connectivity index (χ0) is 20.8. The Morgan fingerprint density at radius 1 is 1.33 bits per heavy atom. The van der Waals surface area contributed by atoms with E-state index < -0.39 is 58.3 Å². The van der Waals surface area contributed by atoms with E-state index in [0.717, 1.165) is 4.90 Å². The zero-order valence-corrected chi connectivity index (χ0v) is 14.9. The van der Waals surface area contributed by atoms with E-state index in [9.17, 15) is 36.0 Å². The number of piperidine rings is 1. The van der Waals surface area contributed by atoms with Gasteiger partial charge in [0.1, 0.15) is 0 Å². The number of hydrogen-bond acceptors (Lipinski definition) is 6. The van der Waals surface area contributed by atoms with Gasteiger partial charge in [0.25, 0.3) is 0 Å². The van der Waals surface area contributed by atoms with Crippen LogP contribution in [0.2, 0.25) is 0 Å². The number of hydrogen-bond donors (Lipinski definition) is 3. The predicted molar refractivity (Wildman–Crippen MR) is 79.5 cm³/mol. The standard InChI is InChI=1S/C12H17F3N4O7S/c1-11(2)4-6(3-8(20)16-17-9(21)12(13,14)15)18-5-7(11)19(10(18)22)26-27(23,24)25/h6-7H,3-5H2,1-2H3,(H,16,20)(H,17,21)(H,23,24,25). The maximum atomic E-state index is 12.3. The van der Waals surface area contributed by atoms with Crippen LogP contribution in [0.5, 0.6) is 0 Å². The van der Waals surface area contributed by atoms with E-state index in [-0.39, 0.29) is 13.0 Å². The minimum absolute atomic E-state index is 0.0196. The lowest BCUT2D eigenvalue weighted by Crippen LogP contribution is -2.52. The van der Waals surface area contributed by atoms with Crippen molar-refractivity contribution in [3.8, 4) is 0 Å². The van der Waals surface area contributed by atoms with Crippen LogP contribution in [0.1, 0.15) is 26.7 Å². The highest BCUT2D eigenvalue weighted by molar-refractivity contribution is 7.80. The predicted octanol–water partition coefficient (Wildman–Crippen LogP) is -0.275. The summed E-state index contributed by atoms with van der Waals surface area (Å²) < 4.78 is 71.4. The monoisotopic (exact) mass is 418 g/mol. The Bertz CT molecular complexity index is 755. The summed E-state index contributed by atoms with van der Waals surface area (Å²) in [7, 11) is -4.96. The number of hydroxylamine groups is 2. The molecule has 0 radical (unpaired) electrons. The molecule has 4 amide bonds. The lowest BCUT2D eigenvalue weighted by atomic mass is 9.75. The van der Waals surface area contributed by atoms with E-state index in [1.54, 1.807) is 19.3 Å². The SMILES string of the molecule is CC1(C)CC(CC(=O)NNC(=O)C(F)(F)F)N2CC1N(OS(=O)(=O)O)C2=O. The summed E-state index contributed by atoms with van der Waals surface area (Å²) in [5.74, 6) is -3.33. The van der Waals surface area contributed by atoms with Gasteiger partial charge in [-0.1, -0.05) is 13.8 Å². The Balaban J connectivity index is 2.06. The molecule has 0 saturated carbocycles. The van der Waals surface area contributed by atoms with Crippen molar-refractivity contribution in [2.24, 2.45) is 5.41 Å². The second kappa shape index (κ2) is 6.79. The molecule has 2 saturated heterocycles. The molecule has 2 fully saturated rings. The number of urea groups is 1. The van der Waals surface area contributed by atoms with Gasteiger partial charge in [0.2, 0.25) is 5.91 Å². The molecule has 2 rings (SSSR count). The van der Waals surface area contributed by atoms with Gasteiger partial charge in [-0.2, -0.15) is 26.7 Å². The molecule has 2 heterocycles. The molecular weight excluding hydrogens is 401 g/mol. The molecule has 2 aliphatic heterocycles. The van der Waals surface area contributed by atoms with Crippen LogP contribution in [0.25, 0.3) is 0 Å². The van der Waals surface area contributed by atoms with Gasteiger partial charge in [0.15, 0.2) is 0 Å². The number of fused-ring (bicyclic) bond motifs is 2. The summed E-state index contributed by atoms with van der Waals surface area (Å²) in [6, 6.07) is -2.45. The lowest BCUT2D eigenvalue weighted by Gasteiger charge is -2.41. The van der Waals surface area contributed by atoms with Crippen molar-refractivity contribution in [1.82, 2.24) is 20.8 Å². The smallest absolute Gasteiger partial charge is 0.317 e. The van der Waals surface area contributed by atoms with Gasteiger partial charge in [0, 0.05) is 19.0 Å². The van der Waals surface area contributed by atoms with Crippen LogP contribution >= 0.6 is 0 Å².